The van der Waals surface area contributed by atoms with E-state index in [2.05, 4.69) is 39.8 Å². The third-order valence-electron chi connectivity index (χ3n) is 4.30. The smallest absolute Gasteiger partial charge is 0.122 e. The molecule has 0 radical (unpaired) electrons. The highest BCUT2D eigenvalue weighted by atomic mass is 35.5. The van der Waals surface area contributed by atoms with Gasteiger partial charge in [-0.1, -0.05) is 52.0 Å². The molecule has 156 valence electrons. The Morgan fingerprint density at radius 3 is 1.57 bits per heavy atom. The van der Waals surface area contributed by atoms with E-state index in [1.807, 2.05) is 24.3 Å². The van der Waals surface area contributed by atoms with Crippen LogP contribution >= 0.6 is 11.6 Å². The van der Waals surface area contributed by atoms with Crippen LogP contribution in [0.25, 0.3) is 0 Å². The maximum atomic E-state index is 8.97. The molecule has 1 N–H and O–H groups in total. The minimum absolute atomic E-state index is 0.0678. The Balaban J connectivity index is 0.000000280. The van der Waals surface area contributed by atoms with E-state index < -0.39 is 0 Å². The van der Waals surface area contributed by atoms with Gasteiger partial charge in [0.1, 0.15) is 11.5 Å². The number of alkyl halides is 1. The van der Waals surface area contributed by atoms with Gasteiger partial charge in [0, 0.05) is 5.88 Å². The Morgan fingerprint density at radius 1 is 0.786 bits per heavy atom. The molecule has 0 heterocycles. The molecule has 0 saturated carbocycles. The highest BCUT2D eigenvalue weighted by Crippen LogP contribution is 2.24. The summed E-state index contributed by atoms with van der Waals surface area (Å²) in [5, 5.41) is 8.97. The number of hydrogen-bond donors (Lipinski definition) is 1. The molecule has 2 rings (SSSR count). The zero-order valence-corrected chi connectivity index (χ0v) is 18.8. The minimum atomic E-state index is 0.0678. The van der Waals surface area contributed by atoms with Crippen LogP contribution in [0.1, 0.15) is 49.9 Å². The van der Waals surface area contributed by atoms with E-state index in [0.717, 1.165) is 35.5 Å². The summed E-state index contributed by atoms with van der Waals surface area (Å²) in [6.07, 6.45) is 2.06. The number of aliphatic hydroxyl groups is 1. The van der Waals surface area contributed by atoms with Crippen molar-refractivity contribution in [2.45, 2.75) is 53.0 Å². The average Bonchev–Trinajstić information content (AvgIpc) is 2.68. The Bertz CT molecular complexity index is 649. The van der Waals surface area contributed by atoms with Crippen LogP contribution in [0.4, 0.5) is 0 Å². The van der Waals surface area contributed by atoms with Crippen LogP contribution in [0.5, 0.6) is 11.5 Å². The number of rotatable bonds is 8. The van der Waals surface area contributed by atoms with Gasteiger partial charge in [-0.05, 0) is 59.1 Å². The molecule has 2 aromatic carbocycles. The molecule has 0 aromatic heterocycles. The average molecular weight is 407 g/mol. The molecule has 0 amide bonds. The highest BCUT2D eigenvalue weighted by Gasteiger charge is 2.07. The van der Waals surface area contributed by atoms with E-state index in [1.165, 1.54) is 11.1 Å². The lowest BCUT2D eigenvalue weighted by Gasteiger charge is -2.11. The number of benzene rings is 2. The first-order valence-electron chi connectivity index (χ1n) is 9.82. The highest BCUT2D eigenvalue weighted by molar-refractivity contribution is 6.17. The Labute approximate surface area is 175 Å². The molecule has 0 atom stereocenters. The van der Waals surface area contributed by atoms with Crippen molar-refractivity contribution in [3.05, 3.63) is 58.7 Å². The molecule has 2 aromatic rings. The van der Waals surface area contributed by atoms with E-state index in [0.29, 0.717) is 17.7 Å². The van der Waals surface area contributed by atoms with Crippen LogP contribution in [-0.4, -0.2) is 19.3 Å². The molecule has 0 spiro atoms. The Kier molecular flexibility index (Phi) is 11.0. The number of aliphatic hydroxyl groups excluding tert-OH is 1. The van der Waals surface area contributed by atoms with Gasteiger partial charge in [-0.2, -0.15) is 0 Å². The van der Waals surface area contributed by atoms with Crippen molar-refractivity contribution < 1.29 is 14.6 Å². The van der Waals surface area contributed by atoms with Gasteiger partial charge < -0.3 is 14.6 Å². The molecule has 0 unspecified atom stereocenters. The molecule has 0 fully saturated rings. The standard InChI is InChI=1S/C12H17ClO.C12H18O2/c2*1-9(2)6-11-5-4-10(8-13)7-12(11)14-3/h4-5,7,9H,6,8H2,1-3H3;4-5,7,9,13H,6,8H2,1-3H3. The zero-order valence-electron chi connectivity index (χ0n) is 18.1. The van der Waals surface area contributed by atoms with E-state index in [4.69, 9.17) is 26.2 Å². The second-order valence-electron chi connectivity index (χ2n) is 7.78. The van der Waals surface area contributed by atoms with Gasteiger partial charge in [-0.3, -0.25) is 0 Å². The molecular weight excluding hydrogens is 372 g/mol. The van der Waals surface area contributed by atoms with Crippen LogP contribution < -0.4 is 9.47 Å². The zero-order chi connectivity index (χ0) is 21.1. The Hall–Kier alpha value is -1.71. The van der Waals surface area contributed by atoms with Gasteiger partial charge in [0.2, 0.25) is 0 Å². The van der Waals surface area contributed by atoms with Crippen LogP contribution in [0.2, 0.25) is 0 Å². The second kappa shape index (κ2) is 12.7. The maximum Gasteiger partial charge on any atom is 0.122 e. The SMILES string of the molecule is COc1cc(CCl)ccc1CC(C)C.COc1cc(CO)ccc1CC(C)C. The molecule has 28 heavy (non-hydrogen) atoms. The lowest BCUT2D eigenvalue weighted by molar-refractivity contribution is 0.281. The van der Waals surface area contributed by atoms with E-state index in [1.54, 1.807) is 14.2 Å². The molecule has 0 saturated heterocycles. The van der Waals surface area contributed by atoms with Crippen molar-refractivity contribution in [1.82, 2.24) is 0 Å². The summed E-state index contributed by atoms with van der Waals surface area (Å²) in [5.74, 6) is 3.63. The third-order valence-corrected chi connectivity index (χ3v) is 4.60. The summed E-state index contributed by atoms with van der Waals surface area (Å²) in [4.78, 5) is 0. The summed E-state index contributed by atoms with van der Waals surface area (Å²) in [5.41, 5.74) is 4.47. The second-order valence-corrected chi connectivity index (χ2v) is 8.05. The van der Waals surface area contributed by atoms with Crippen LogP contribution in [0, 0.1) is 11.8 Å². The van der Waals surface area contributed by atoms with Crippen LogP contribution in [0.3, 0.4) is 0 Å². The summed E-state index contributed by atoms with van der Waals surface area (Å²) in [7, 11) is 3.37. The Morgan fingerprint density at radius 2 is 1.21 bits per heavy atom. The monoisotopic (exact) mass is 406 g/mol. The van der Waals surface area contributed by atoms with Crippen molar-refractivity contribution in [3.8, 4) is 11.5 Å². The third kappa shape index (κ3) is 8.12. The summed E-state index contributed by atoms with van der Waals surface area (Å²) in [6.45, 7) is 8.83. The fraction of sp³-hybridized carbons (Fsp3) is 0.500. The number of ether oxygens (including phenoxy) is 2. The van der Waals surface area contributed by atoms with Crippen molar-refractivity contribution in [2.75, 3.05) is 14.2 Å². The minimum Gasteiger partial charge on any atom is -0.496 e. The summed E-state index contributed by atoms with van der Waals surface area (Å²) >= 11 is 5.76. The lowest BCUT2D eigenvalue weighted by atomic mass is 10.0. The first-order valence-corrected chi connectivity index (χ1v) is 10.4. The largest absolute Gasteiger partial charge is 0.496 e. The quantitative estimate of drug-likeness (QED) is 0.545. The molecule has 3 nitrogen and oxygen atoms in total. The van der Waals surface area contributed by atoms with Gasteiger partial charge in [-0.25, -0.2) is 0 Å². The van der Waals surface area contributed by atoms with Crippen LogP contribution in [0.15, 0.2) is 36.4 Å². The summed E-state index contributed by atoms with van der Waals surface area (Å²) in [6, 6.07) is 12.1. The van der Waals surface area contributed by atoms with Gasteiger partial charge in [0.25, 0.3) is 0 Å². The maximum absolute atomic E-state index is 8.97. The fourth-order valence-corrected chi connectivity index (χ4v) is 3.14. The molecule has 4 heteroatoms. The van der Waals surface area contributed by atoms with Crippen LogP contribution in [-0.2, 0) is 25.3 Å². The first kappa shape index (κ1) is 24.3. The fourth-order valence-electron chi connectivity index (χ4n) is 2.98. The van der Waals surface area contributed by atoms with E-state index in [9.17, 15) is 0 Å². The first-order chi connectivity index (χ1) is 13.3. The summed E-state index contributed by atoms with van der Waals surface area (Å²) < 4.78 is 10.6. The number of methoxy groups -OCH3 is 2. The lowest BCUT2D eigenvalue weighted by Crippen LogP contribution is -1.98. The van der Waals surface area contributed by atoms with Gasteiger partial charge in [0.05, 0.1) is 20.8 Å². The predicted octanol–water partition coefficient (Wildman–Crippen LogP) is 6.02. The molecule has 0 aliphatic carbocycles. The van der Waals surface area contributed by atoms with Crippen molar-refractivity contribution >= 4 is 11.6 Å². The van der Waals surface area contributed by atoms with Crippen molar-refractivity contribution in [2.24, 2.45) is 11.8 Å². The van der Waals surface area contributed by atoms with Crippen molar-refractivity contribution in [3.63, 3.8) is 0 Å². The molecule has 0 aliphatic heterocycles. The topological polar surface area (TPSA) is 38.7 Å². The normalized spacial score (nSPS) is 10.6. The van der Waals surface area contributed by atoms with Gasteiger partial charge in [0.15, 0.2) is 0 Å². The molecular formula is C24H35ClO3. The number of hydrogen-bond acceptors (Lipinski definition) is 3. The van der Waals surface area contributed by atoms with Crippen molar-refractivity contribution in [1.29, 1.82) is 0 Å². The molecule has 0 bridgehead atoms. The van der Waals surface area contributed by atoms with E-state index in [-0.39, 0.29) is 6.61 Å². The van der Waals surface area contributed by atoms with Gasteiger partial charge in [-0.15, -0.1) is 11.6 Å². The number of halogens is 1. The van der Waals surface area contributed by atoms with E-state index >= 15 is 0 Å². The van der Waals surface area contributed by atoms with Gasteiger partial charge >= 0.3 is 0 Å². The molecule has 0 aliphatic rings. The predicted molar refractivity (Wildman–Crippen MR) is 119 cm³/mol.